The van der Waals surface area contributed by atoms with Crippen molar-refractivity contribution in [1.29, 1.82) is 0 Å². The van der Waals surface area contributed by atoms with Gasteiger partial charge in [0.2, 0.25) is 5.91 Å². The van der Waals surface area contributed by atoms with Gasteiger partial charge in [-0.15, -0.1) is 0 Å². The van der Waals surface area contributed by atoms with Crippen LogP contribution in [0, 0.1) is 5.92 Å². The molecule has 1 fully saturated rings. The first kappa shape index (κ1) is 15.5. The summed E-state index contributed by atoms with van der Waals surface area (Å²) in [6.07, 6.45) is 0. The van der Waals surface area contributed by atoms with Gasteiger partial charge in [-0.2, -0.15) is 0 Å². The Hall–Kier alpha value is -1.92. The number of likely N-dealkylation sites (N-methyl/N-ethyl adjacent to an activating group) is 1. The van der Waals surface area contributed by atoms with Gasteiger partial charge in [0.25, 0.3) is 0 Å². The Bertz CT molecular complexity index is 518. The second kappa shape index (κ2) is 7.19. The second-order valence-electron chi connectivity index (χ2n) is 4.83. The fraction of sp³-hybridized carbons (Fsp3) is 0.467. The molecule has 2 atom stereocenters. The van der Waals surface area contributed by atoms with Gasteiger partial charge in [-0.1, -0.05) is 19.1 Å². The molecule has 0 saturated carbocycles. The van der Waals surface area contributed by atoms with Crippen molar-refractivity contribution < 1.29 is 19.1 Å². The number of nitrogens with one attached hydrogen (secondary N) is 2. The molecular weight excluding hydrogens is 272 g/mol. The summed E-state index contributed by atoms with van der Waals surface area (Å²) < 4.78 is 10.1. The normalized spacial score (nSPS) is 21.0. The largest absolute Gasteiger partial charge is 0.465 e. The van der Waals surface area contributed by atoms with Gasteiger partial charge in [-0.05, 0) is 18.7 Å². The number of hydrogen-bond donors (Lipinski definition) is 2. The summed E-state index contributed by atoms with van der Waals surface area (Å²) in [6.45, 7) is 3.66. The summed E-state index contributed by atoms with van der Waals surface area (Å²) in [5, 5.41) is 6.03. The molecule has 1 aliphatic rings. The van der Waals surface area contributed by atoms with Gasteiger partial charge < -0.3 is 20.1 Å². The highest BCUT2D eigenvalue weighted by Crippen LogP contribution is 2.20. The number of esters is 1. The molecule has 2 N–H and O–H groups in total. The van der Waals surface area contributed by atoms with E-state index in [2.05, 4.69) is 10.6 Å². The van der Waals surface area contributed by atoms with Crippen LogP contribution in [0.5, 0.6) is 0 Å². The molecule has 2 rings (SSSR count). The molecule has 1 aromatic rings. The van der Waals surface area contributed by atoms with Crippen molar-refractivity contribution in [3.63, 3.8) is 0 Å². The smallest absolute Gasteiger partial charge is 0.339 e. The summed E-state index contributed by atoms with van der Waals surface area (Å²) in [5.41, 5.74) is 0.795. The Balaban J connectivity index is 2.11. The van der Waals surface area contributed by atoms with Gasteiger partial charge in [0.05, 0.1) is 37.5 Å². The van der Waals surface area contributed by atoms with E-state index in [1.54, 1.807) is 24.3 Å². The zero-order valence-corrected chi connectivity index (χ0v) is 12.2. The third kappa shape index (κ3) is 3.59. The van der Waals surface area contributed by atoms with E-state index in [1.807, 2.05) is 6.92 Å². The molecule has 1 aromatic carbocycles. The Labute approximate surface area is 123 Å². The molecule has 0 bridgehead atoms. The maximum atomic E-state index is 12.4. The molecule has 0 spiro atoms. The number of ether oxygens (including phenoxy) is 2. The van der Waals surface area contributed by atoms with Gasteiger partial charge in [0.1, 0.15) is 0 Å². The average molecular weight is 292 g/mol. The van der Waals surface area contributed by atoms with E-state index in [0.29, 0.717) is 24.5 Å². The predicted molar refractivity (Wildman–Crippen MR) is 78.2 cm³/mol. The van der Waals surface area contributed by atoms with E-state index in [9.17, 15) is 9.59 Å². The van der Waals surface area contributed by atoms with E-state index in [1.165, 1.54) is 7.11 Å². The Morgan fingerprint density at radius 1 is 1.33 bits per heavy atom. The lowest BCUT2D eigenvalue weighted by Crippen LogP contribution is -2.41. The van der Waals surface area contributed by atoms with Crippen molar-refractivity contribution >= 4 is 17.6 Å². The molecule has 0 aliphatic carbocycles. The van der Waals surface area contributed by atoms with Crippen LogP contribution in [0.3, 0.4) is 0 Å². The molecule has 21 heavy (non-hydrogen) atoms. The van der Waals surface area contributed by atoms with Crippen molar-refractivity contribution in [2.45, 2.75) is 13.0 Å². The number of carbonyl (C=O) groups is 2. The summed E-state index contributed by atoms with van der Waals surface area (Å²) >= 11 is 0. The van der Waals surface area contributed by atoms with Gasteiger partial charge in [-0.3, -0.25) is 4.79 Å². The topological polar surface area (TPSA) is 76.7 Å². The van der Waals surface area contributed by atoms with Crippen LogP contribution in [-0.2, 0) is 14.3 Å². The number of methoxy groups -OCH3 is 1. The second-order valence-corrected chi connectivity index (χ2v) is 4.83. The summed E-state index contributed by atoms with van der Waals surface area (Å²) in [4.78, 5) is 24.1. The maximum Gasteiger partial charge on any atom is 0.339 e. The van der Waals surface area contributed by atoms with Crippen molar-refractivity contribution in [2.75, 3.05) is 32.2 Å². The van der Waals surface area contributed by atoms with E-state index in [-0.39, 0.29) is 17.9 Å². The highest BCUT2D eigenvalue weighted by Gasteiger charge is 2.33. The summed E-state index contributed by atoms with van der Waals surface area (Å²) in [7, 11) is 1.31. The van der Waals surface area contributed by atoms with Crippen molar-refractivity contribution in [2.24, 2.45) is 5.92 Å². The highest BCUT2D eigenvalue weighted by molar-refractivity contribution is 6.02. The quantitative estimate of drug-likeness (QED) is 0.793. The number of amides is 1. The molecule has 1 amide bonds. The highest BCUT2D eigenvalue weighted by atomic mass is 16.5. The molecule has 114 valence electrons. The zero-order chi connectivity index (χ0) is 15.2. The summed E-state index contributed by atoms with van der Waals surface area (Å²) in [5.74, 6) is -0.901. The molecule has 1 aliphatic heterocycles. The van der Waals surface area contributed by atoms with Crippen LogP contribution in [0.25, 0.3) is 0 Å². The number of carbonyl (C=O) groups excluding carboxylic acids is 2. The third-order valence-corrected chi connectivity index (χ3v) is 3.47. The Kier molecular flexibility index (Phi) is 5.30. The minimum absolute atomic E-state index is 0.000268. The Morgan fingerprint density at radius 2 is 2.10 bits per heavy atom. The number of rotatable bonds is 5. The van der Waals surface area contributed by atoms with Gasteiger partial charge in [0, 0.05) is 6.04 Å². The minimum Gasteiger partial charge on any atom is -0.465 e. The Morgan fingerprint density at radius 3 is 2.81 bits per heavy atom. The SMILES string of the molecule is CCNC1COCC1C(=O)Nc1ccccc1C(=O)OC. The fourth-order valence-corrected chi connectivity index (χ4v) is 2.38. The van der Waals surface area contributed by atoms with Crippen LogP contribution in [0.15, 0.2) is 24.3 Å². The zero-order valence-electron chi connectivity index (χ0n) is 12.2. The number of anilines is 1. The minimum atomic E-state index is -0.475. The monoisotopic (exact) mass is 292 g/mol. The standard InChI is InChI=1S/C15H20N2O4/c1-3-16-13-9-21-8-11(13)14(18)17-12-7-5-4-6-10(12)15(19)20-2/h4-7,11,13,16H,3,8-9H2,1-2H3,(H,17,18). The van der Waals surface area contributed by atoms with E-state index >= 15 is 0 Å². The third-order valence-electron chi connectivity index (χ3n) is 3.47. The van der Waals surface area contributed by atoms with Crippen molar-refractivity contribution in [3.05, 3.63) is 29.8 Å². The van der Waals surface area contributed by atoms with Gasteiger partial charge in [0.15, 0.2) is 0 Å². The fourth-order valence-electron chi connectivity index (χ4n) is 2.38. The van der Waals surface area contributed by atoms with E-state index < -0.39 is 5.97 Å². The van der Waals surface area contributed by atoms with Gasteiger partial charge >= 0.3 is 5.97 Å². The lowest BCUT2D eigenvalue weighted by atomic mass is 10.0. The predicted octanol–water partition coefficient (Wildman–Crippen LogP) is 1.04. The molecule has 1 saturated heterocycles. The molecule has 6 heteroatoms. The molecular formula is C15H20N2O4. The molecule has 0 aromatic heterocycles. The first-order valence-electron chi connectivity index (χ1n) is 6.96. The number of benzene rings is 1. The van der Waals surface area contributed by atoms with E-state index in [0.717, 1.165) is 6.54 Å². The number of hydrogen-bond acceptors (Lipinski definition) is 5. The van der Waals surface area contributed by atoms with Crippen LogP contribution >= 0.6 is 0 Å². The van der Waals surface area contributed by atoms with Gasteiger partial charge in [-0.25, -0.2) is 4.79 Å². The molecule has 0 radical (unpaired) electrons. The van der Waals surface area contributed by atoms with Crippen LogP contribution in [0.4, 0.5) is 5.69 Å². The van der Waals surface area contributed by atoms with Crippen molar-refractivity contribution in [3.8, 4) is 0 Å². The lowest BCUT2D eigenvalue weighted by Gasteiger charge is -2.18. The molecule has 2 unspecified atom stereocenters. The molecule has 1 heterocycles. The van der Waals surface area contributed by atoms with Crippen LogP contribution in [0.2, 0.25) is 0 Å². The number of para-hydroxylation sites is 1. The first-order valence-corrected chi connectivity index (χ1v) is 6.96. The van der Waals surface area contributed by atoms with Crippen LogP contribution in [0.1, 0.15) is 17.3 Å². The van der Waals surface area contributed by atoms with Crippen LogP contribution < -0.4 is 10.6 Å². The lowest BCUT2D eigenvalue weighted by molar-refractivity contribution is -0.120. The van der Waals surface area contributed by atoms with E-state index in [4.69, 9.17) is 9.47 Å². The first-order chi connectivity index (χ1) is 10.2. The van der Waals surface area contributed by atoms with Crippen LogP contribution in [-0.4, -0.2) is 44.8 Å². The average Bonchev–Trinajstić information content (AvgIpc) is 2.96. The van der Waals surface area contributed by atoms with Crippen molar-refractivity contribution in [1.82, 2.24) is 5.32 Å². The summed E-state index contributed by atoms with van der Waals surface area (Å²) in [6, 6.07) is 6.79. The maximum absolute atomic E-state index is 12.4. The molecule has 6 nitrogen and oxygen atoms in total.